The van der Waals surface area contributed by atoms with E-state index in [0.717, 1.165) is 0 Å². The standard InChI is InChI=1S/C24H28F2N4O5S/c25-24(26)8-4-7-16(12-24)21(33)30-18(14-31)22(34)29-17(11-15-5-2-1-3-6-15)20(32)23(35)28-13-19-27-9-10-36-19/h1-3,5-6,9-10,16-18,31H,4,7-8,11-14H2,(H,28,35)(H,29,34)(H,30,33)/t16?,17-,18-/m1/s1. The maximum absolute atomic E-state index is 13.7. The van der Waals surface area contributed by atoms with E-state index < -0.39 is 60.5 Å². The van der Waals surface area contributed by atoms with Gasteiger partial charge in [0.1, 0.15) is 17.1 Å². The van der Waals surface area contributed by atoms with Crippen LogP contribution in [0.5, 0.6) is 0 Å². The number of aliphatic hydroxyl groups is 1. The summed E-state index contributed by atoms with van der Waals surface area (Å²) in [6.07, 6.45) is 1.03. The molecule has 194 valence electrons. The average Bonchev–Trinajstić information content (AvgIpc) is 3.38. The van der Waals surface area contributed by atoms with Crippen LogP contribution in [0.3, 0.4) is 0 Å². The van der Waals surface area contributed by atoms with Gasteiger partial charge in [0.25, 0.3) is 5.91 Å². The fourth-order valence-electron chi connectivity index (χ4n) is 3.95. The van der Waals surface area contributed by atoms with Crippen LogP contribution in [0.4, 0.5) is 8.78 Å². The first-order chi connectivity index (χ1) is 17.2. The Morgan fingerprint density at radius 3 is 2.53 bits per heavy atom. The Bertz CT molecular complexity index is 1050. The van der Waals surface area contributed by atoms with Gasteiger partial charge in [-0.05, 0) is 18.4 Å². The van der Waals surface area contributed by atoms with E-state index in [1.807, 2.05) is 0 Å². The number of nitrogens with zero attached hydrogens (tertiary/aromatic N) is 1. The van der Waals surface area contributed by atoms with E-state index in [4.69, 9.17) is 0 Å². The van der Waals surface area contributed by atoms with E-state index in [-0.39, 0.29) is 32.2 Å². The number of nitrogens with one attached hydrogen (secondary N) is 3. The van der Waals surface area contributed by atoms with Crippen LogP contribution in [0.25, 0.3) is 0 Å². The third-order valence-corrected chi connectivity index (χ3v) is 6.63. The predicted octanol–water partition coefficient (Wildman–Crippen LogP) is 1.36. The zero-order chi connectivity index (χ0) is 26.1. The quantitative estimate of drug-likeness (QED) is 0.329. The lowest BCUT2D eigenvalue weighted by Gasteiger charge is -2.29. The second kappa shape index (κ2) is 12.6. The molecule has 1 aromatic carbocycles. The molecule has 12 heteroatoms. The molecular weight excluding hydrogens is 494 g/mol. The summed E-state index contributed by atoms with van der Waals surface area (Å²) in [6, 6.07) is 5.91. The number of alkyl halides is 2. The number of hydrogen-bond donors (Lipinski definition) is 4. The Kier molecular flexibility index (Phi) is 9.59. The van der Waals surface area contributed by atoms with Crippen molar-refractivity contribution in [3.63, 3.8) is 0 Å². The van der Waals surface area contributed by atoms with Gasteiger partial charge in [-0.3, -0.25) is 19.2 Å². The van der Waals surface area contributed by atoms with Gasteiger partial charge in [-0.15, -0.1) is 11.3 Å². The molecule has 0 aliphatic heterocycles. The summed E-state index contributed by atoms with van der Waals surface area (Å²) in [7, 11) is 0. The summed E-state index contributed by atoms with van der Waals surface area (Å²) in [5.41, 5.74) is 0.665. The highest BCUT2D eigenvalue weighted by Crippen LogP contribution is 2.36. The first-order valence-corrected chi connectivity index (χ1v) is 12.4. The molecule has 0 bridgehead atoms. The zero-order valence-electron chi connectivity index (χ0n) is 19.4. The van der Waals surface area contributed by atoms with Gasteiger partial charge in [-0.2, -0.15) is 0 Å². The summed E-state index contributed by atoms with van der Waals surface area (Å²) >= 11 is 1.30. The Labute approximate surface area is 210 Å². The zero-order valence-corrected chi connectivity index (χ0v) is 20.2. The summed E-state index contributed by atoms with van der Waals surface area (Å²) < 4.78 is 27.4. The van der Waals surface area contributed by atoms with Crippen LogP contribution in [-0.2, 0) is 32.1 Å². The molecule has 0 saturated heterocycles. The topological polar surface area (TPSA) is 137 Å². The number of carbonyl (C=O) groups excluding carboxylic acids is 4. The first-order valence-electron chi connectivity index (χ1n) is 11.5. The monoisotopic (exact) mass is 522 g/mol. The van der Waals surface area contributed by atoms with E-state index in [2.05, 4.69) is 20.9 Å². The normalized spacial score (nSPS) is 18.5. The molecule has 0 spiro atoms. The van der Waals surface area contributed by atoms with Crippen LogP contribution >= 0.6 is 11.3 Å². The Balaban J connectivity index is 1.66. The third-order valence-electron chi connectivity index (χ3n) is 5.85. The minimum Gasteiger partial charge on any atom is -0.394 e. The Morgan fingerprint density at radius 2 is 1.89 bits per heavy atom. The molecule has 2 aromatic rings. The lowest BCUT2D eigenvalue weighted by atomic mass is 9.86. The number of hydrogen-bond acceptors (Lipinski definition) is 7. The first kappa shape index (κ1) is 27.3. The van der Waals surface area contributed by atoms with Crippen molar-refractivity contribution in [2.24, 2.45) is 5.92 Å². The minimum atomic E-state index is -2.96. The van der Waals surface area contributed by atoms with Gasteiger partial charge in [0.2, 0.25) is 23.5 Å². The van der Waals surface area contributed by atoms with Crippen LogP contribution in [0.15, 0.2) is 41.9 Å². The maximum Gasteiger partial charge on any atom is 0.289 e. The molecule has 3 rings (SSSR count). The van der Waals surface area contributed by atoms with Crippen molar-refractivity contribution in [2.45, 2.75) is 56.7 Å². The van der Waals surface area contributed by atoms with Crippen molar-refractivity contribution in [3.8, 4) is 0 Å². The minimum absolute atomic E-state index is 0.0168. The summed E-state index contributed by atoms with van der Waals surface area (Å²) in [5.74, 6) is -7.48. The third kappa shape index (κ3) is 7.89. The highest BCUT2D eigenvalue weighted by Gasteiger charge is 2.40. The molecule has 1 unspecified atom stereocenters. The van der Waals surface area contributed by atoms with E-state index in [0.29, 0.717) is 10.6 Å². The lowest BCUT2D eigenvalue weighted by Crippen LogP contribution is -2.56. The largest absolute Gasteiger partial charge is 0.394 e. The number of rotatable bonds is 11. The fourth-order valence-corrected chi connectivity index (χ4v) is 4.51. The van der Waals surface area contributed by atoms with Gasteiger partial charge < -0.3 is 21.1 Å². The SMILES string of the molecule is O=C(NCc1nccs1)C(=O)[C@@H](Cc1ccccc1)NC(=O)[C@@H](CO)NC(=O)C1CCCC(F)(F)C1. The Hall–Kier alpha value is -3.25. The van der Waals surface area contributed by atoms with E-state index in [1.54, 1.807) is 41.9 Å². The van der Waals surface area contributed by atoms with Gasteiger partial charge in [0.05, 0.1) is 13.2 Å². The number of benzene rings is 1. The van der Waals surface area contributed by atoms with Crippen LogP contribution in [0.1, 0.15) is 36.3 Å². The van der Waals surface area contributed by atoms with Gasteiger partial charge in [0, 0.05) is 36.8 Å². The van der Waals surface area contributed by atoms with E-state index in [9.17, 15) is 33.1 Å². The van der Waals surface area contributed by atoms with Crippen molar-refractivity contribution >= 4 is 34.8 Å². The second-order valence-corrected chi connectivity index (χ2v) is 9.60. The van der Waals surface area contributed by atoms with Crippen molar-refractivity contribution in [1.29, 1.82) is 0 Å². The molecule has 4 N–H and O–H groups in total. The number of ketones is 1. The molecule has 1 heterocycles. The Morgan fingerprint density at radius 1 is 1.14 bits per heavy atom. The summed E-state index contributed by atoms with van der Waals surface area (Å²) in [5, 5.41) is 19.2. The van der Waals surface area contributed by atoms with Crippen LogP contribution in [-0.4, -0.2) is 58.2 Å². The highest BCUT2D eigenvalue weighted by molar-refractivity contribution is 7.09. The molecule has 3 atom stereocenters. The number of carbonyl (C=O) groups is 4. The van der Waals surface area contributed by atoms with Crippen LogP contribution < -0.4 is 16.0 Å². The number of Topliss-reactive ketones (excluding diaryl/α,β-unsaturated/α-hetero) is 1. The van der Waals surface area contributed by atoms with Gasteiger partial charge in [-0.25, -0.2) is 13.8 Å². The molecular formula is C24H28F2N4O5S. The molecule has 1 saturated carbocycles. The molecule has 1 aliphatic rings. The predicted molar refractivity (Wildman–Crippen MR) is 127 cm³/mol. The number of amides is 3. The molecule has 1 aliphatic carbocycles. The number of thiazole rings is 1. The number of aliphatic hydroxyl groups excluding tert-OH is 1. The highest BCUT2D eigenvalue weighted by atomic mass is 32.1. The molecule has 36 heavy (non-hydrogen) atoms. The van der Waals surface area contributed by atoms with Gasteiger partial charge in [0.15, 0.2) is 0 Å². The number of halogens is 2. The fraction of sp³-hybridized carbons (Fsp3) is 0.458. The molecule has 9 nitrogen and oxygen atoms in total. The van der Waals surface area contributed by atoms with E-state index >= 15 is 0 Å². The van der Waals surface area contributed by atoms with Gasteiger partial charge >= 0.3 is 0 Å². The maximum atomic E-state index is 13.7. The average molecular weight is 523 g/mol. The summed E-state index contributed by atoms with van der Waals surface area (Å²) in [6.45, 7) is -0.779. The van der Waals surface area contributed by atoms with Gasteiger partial charge in [-0.1, -0.05) is 30.3 Å². The van der Waals surface area contributed by atoms with Crippen molar-refractivity contribution in [1.82, 2.24) is 20.9 Å². The second-order valence-electron chi connectivity index (χ2n) is 8.62. The number of aromatic nitrogens is 1. The molecule has 3 amide bonds. The summed E-state index contributed by atoms with van der Waals surface area (Å²) in [4.78, 5) is 54.8. The van der Waals surface area contributed by atoms with Crippen molar-refractivity contribution < 1.29 is 33.1 Å². The van der Waals surface area contributed by atoms with Crippen LogP contribution in [0, 0.1) is 5.92 Å². The van der Waals surface area contributed by atoms with E-state index in [1.165, 1.54) is 11.3 Å². The van der Waals surface area contributed by atoms with Crippen LogP contribution in [0.2, 0.25) is 0 Å². The molecule has 1 fully saturated rings. The molecule has 0 radical (unpaired) electrons. The lowest BCUT2D eigenvalue weighted by molar-refractivity contribution is -0.141. The van der Waals surface area contributed by atoms with Crippen molar-refractivity contribution in [2.75, 3.05) is 6.61 Å². The molecule has 1 aromatic heterocycles. The smallest absolute Gasteiger partial charge is 0.289 e. The van der Waals surface area contributed by atoms with Crippen molar-refractivity contribution in [3.05, 3.63) is 52.5 Å².